The predicted molar refractivity (Wildman–Crippen MR) is 126 cm³/mol. The molecule has 0 radical (unpaired) electrons. The number of rotatable bonds is 6. The third-order valence-corrected chi connectivity index (χ3v) is 6.14. The van der Waals surface area contributed by atoms with Crippen molar-refractivity contribution in [1.29, 1.82) is 0 Å². The first-order chi connectivity index (χ1) is 14.9. The maximum Gasteiger partial charge on any atom is 0.328 e. The van der Waals surface area contributed by atoms with E-state index in [4.69, 9.17) is 9.84 Å². The van der Waals surface area contributed by atoms with Crippen molar-refractivity contribution in [1.82, 2.24) is 0 Å². The Kier molecular flexibility index (Phi) is 5.78. The van der Waals surface area contributed by atoms with Crippen LogP contribution in [0.15, 0.2) is 72.8 Å². The topological polar surface area (TPSA) is 66.8 Å². The number of phenolic OH excluding ortho intramolecular Hbond substituents is 1. The number of hydrogen-bond donors (Lipinski definition) is 2. The van der Waals surface area contributed by atoms with Crippen molar-refractivity contribution in [2.45, 2.75) is 19.8 Å². The van der Waals surface area contributed by atoms with E-state index in [1.807, 2.05) is 30.3 Å². The Morgan fingerprint density at radius 2 is 1.81 bits per heavy atom. The number of hydrogen-bond acceptors (Lipinski definition) is 4. The molecule has 4 rings (SSSR count). The van der Waals surface area contributed by atoms with Crippen LogP contribution in [0.4, 0.5) is 0 Å². The second kappa shape index (κ2) is 8.66. The molecule has 4 nitrogen and oxygen atoms in total. The zero-order valence-electron chi connectivity index (χ0n) is 17.2. The number of ether oxygens (including phenoxy) is 1. The summed E-state index contributed by atoms with van der Waals surface area (Å²) >= 11 is 1.58. The summed E-state index contributed by atoms with van der Waals surface area (Å²) in [7, 11) is 0. The van der Waals surface area contributed by atoms with Gasteiger partial charge in [-0.2, -0.15) is 0 Å². The molecule has 31 heavy (non-hydrogen) atoms. The summed E-state index contributed by atoms with van der Waals surface area (Å²) in [5.41, 5.74) is 3.10. The molecule has 4 aromatic rings. The minimum atomic E-state index is -0.985. The molecule has 0 fully saturated rings. The molecule has 0 aliphatic heterocycles. The van der Waals surface area contributed by atoms with E-state index >= 15 is 0 Å². The number of carbonyl (C=O) groups is 1. The van der Waals surface area contributed by atoms with E-state index in [-0.39, 0.29) is 5.75 Å². The lowest BCUT2D eigenvalue weighted by molar-refractivity contribution is -0.131. The van der Waals surface area contributed by atoms with Crippen LogP contribution < -0.4 is 4.74 Å². The van der Waals surface area contributed by atoms with E-state index < -0.39 is 5.97 Å². The van der Waals surface area contributed by atoms with Crippen molar-refractivity contribution in [3.63, 3.8) is 0 Å². The average molecular weight is 431 g/mol. The van der Waals surface area contributed by atoms with Crippen LogP contribution in [-0.2, 0) is 4.79 Å². The molecule has 3 aromatic carbocycles. The van der Waals surface area contributed by atoms with Crippen molar-refractivity contribution in [2.75, 3.05) is 0 Å². The molecule has 2 N–H and O–H groups in total. The Labute approximate surface area is 184 Å². The first-order valence-electron chi connectivity index (χ1n) is 9.95. The maximum atomic E-state index is 10.7. The largest absolute Gasteiger partial charge is 0.508 e. The molecule has 0 bridgehead atoms. The van der Waals surface area contributed by atoms with Crippen LogP contribution in [0, 0.1) is 0 Å². The van der Waals surface area contributed by atoms with Gasteiger partial charge in [-0.15, -0.1) is 11.3 Å². The van der Waals surface area contributed by atoms with E-state index in [9.17, 15) is 9.90 Å². The molecule has 0 unspecified atom stereocenters. The van der Waals surface area contributed by atoms with Gasteiger partial charge in [-0.3, -0.25) is 0 Å². The molecule has 0 aliphatic rings. The first kappa shape index (κ1) is 20.7. The highest BCUT2D eigenvalue weighted by atomic mass is 32.1. The van der Waals surface area contributed by atoms with E-state index in [0.29, 0.717) is 11.7 Å². The van der Waals surface area contributed by atoms with E-state index in [0.717, 1.165) is 37.9 Å². The summed E-state index contributed by atoms with van der Waals surface area (Å²) in [4.78, 5) is 11.7. The lowest BCUT2D eigenvalue weighted by Gasteiger charge is -2.11. The Morgan fingerprint density at radius 3 is 2.52 bits per heavy atom. The van der Waals surface area contributed by atoms with Crippen molar-refractivity contribution in [3.8, 4) is 27.7 Å². The maximum absolute atomic E-state index is 10.7. The SMILES string of the molecule is CC(C)c1cccc(-c2sc3cc(O)ccc3c2Oc2ccc(/C=C/C(=O)O)cc2)c1. The number of carboxylic acid groups (broad SMARTS) is 1. The van der Waals surface area contributed by atoms with Crippen LogP contribution in [0.2, 0.25) is 0 Å². The number of benzene rings is 3. The Morgan fingerprint density at radius 1 is 1.03 bits per heavy atom. The lowest BCUT2D eigenvalue weighted by Crippen LogP contribution is -1.89. The number of fused-ring (bicyclic) bond motifs is 1. The molecule has 0 atom stereocenters. The summed E-state index contributed by atoms with van der Waals surface area (Å²) in [6.07, 6.45) is 2.65. The number of carboxylic acids is 1. The molecule has 1 heterocycles. The fraction of sp³-hybridized carbons (Fsp3) is 0.115. The average Bonchev–Trinajstić information content (AvgIpc) is 3.10. The van der Waals surface area contributed by atoms with Crippen molar-refractivity contribution >= 4 is 33.5 Å². The second-order valence-electron chi connectivity index (χ2n) is 7.56. The first-order valence-corrected chi connectivity index (χ1v) is 10.8. The third kappa shape index (κ3) is 4.62. The molecule has 0 amide bonds. The zero-order chi connectivity index (χ0) is 22.0. The summed E-state index contributed by atoms with van der Waals surface area (Å²) in [5, 5.41) is 19.7. The summed E-state index contributed by atoms with van der Waals surface area (Å²) < 4.78 is 7.27. The van der Waals surface area contributed by atoms with Crippen LogP contribution in [0.3, 0.4) is 0 Å². The van der Waals surface area contributed by atoms with Crippen LogP contribution >= 0.6 is 11.3 Å². The van der Waals surface area contributed by atoms with Gasteiger partial charge in [0.05, 0.1) is 4.88 Å². The molecule has 0 saturated heterocycles. The molecule has 1 aromatic heterocycles. The van der Waals surface area contributed by atoms with Gasteiger partial charge in [-0.25, -0.2) is 4.79 Å². The van der Waals surface area contributed by atoms with Crippen LogP contribution in [0.5, 0.6) is 17.2 Å². The van der Waals surface area contributed by atoms with Gasteiger partial charge < -0.3 is 14.9 Å². The highest BCUT2D eigenvalue weighted by Gasteiger charge is 2.17. The molecular weight excluding hydrogens is 408 g/mol. The number of thiophene rings is 1. The highest BCUT2D eigenvalue weighted by Crippen LogP contribution is 2.47. The normalized spacial score (nSPS) is 11.5. The Balaban J connectivity index is 1.77. The van der Waals surface area contributed by atoms with Crippen molar-refractivity contribution < 1.29 is 19.7 Å². The zero-order valence-corrected chi connectivity index (χ0v) is 18.0. The summed E-state index contributed by atoms with van der Waals surface area (Å²) in [6.45, 7) is 4.33. The van der Waals surface area contributed by atoms with Gasteiger partial charge in [0.2, 0.25) is 0 Å². The Bertz CT molecular complexity index is 1270. The van der Waals surface area contributed by atoms with E-state index in [1.165, 1.54) is 11.6 Å². The monoisotopic (exact) mass is 430 g/mol. The van der Waals surface area contributed by atoms with Gasteiger partial charge in [0.25, 0.3) is 0 Å². The molecular formula is C26H22O4S. The van der Waals surface area contributed by atoms with Gasteiger partial charge in [0, 0.05) is 16.2 Å². The highest BCUT2D eigenvalue weighted by molar-refractivity contribution is 7.22. The fourth-order valence-electron chi connectivity index (χ4n) is 3.32. The van der Waals surface area contributed by atoms with Crippen LogP contribution in [0.1, 0.15) is 30.9 Å². The second-order valence-corrected chi connectivity index (χ2v) is 8.62. The van der Waals surface area contributed by atoms with Gasteiger partial charge in [-0.05, 0) is 65.1 Å². The fourth-order valence-corrected chi connectivity index (χ4v) is 4.48. The third-order valence-electron chi connectivity index (χ3n) is 4.96. The lowest BCUT2D eigenvalue weighted by atomic mass is 10.00. The number of phenols is 1. The summed E-state index contributed by atoms with van der Waals surface area (Å²) in [6, 6.07) is 21.0. The number of aliphatic carboxylic acids is 1. The molecule has 0 aliphatic carbocycles. The molecule has 156 valence electrons. The quantitative estimate of drug-likeness (QED) is 0.315. The predicted octanol–water partition coefficient (Wildman–Crippen LogP) is 7.29. The number of aromatic hydroxyl groups is 1. The van der Waals surface area contributed by atoms with Gasteiger partial charge in [-0.1, -0.05) is 44.2 Å². The van der Waals surface area contributed by atoms with Gasteiger partial charge in [0.1, 0.15) is 11.5 Å². The molecule has 5 heteroatoms. The van der Waals surface area contributed by atoms with E-state index in [1.54, 1.807) is 23.5 Å². The van der Waals surface area contributed by atoms with Crippen molar-refractivity contribution in [2.24, 2.45) is 0 Å². The Hall–Kier alpha value is -3.57. The smallest absolute Gasteiger partial charge is 0.328 e. The van der Waals surface area contributed by atoms with Crippen molar-refractivity contribution in [3.05, 3.63) is 83.9 Å². The van der Waals surface area contributed by atoms with Gasteiger partial charge in [0.15, 0.2) is 5.75 Å². The minimum Gasteiger partial charge on any atom is -0.508 e. The minimum absolute atomic E-state index is 0.220. The molecule has 0 saturated carbocycles. The van der Waals surface area contributed by atoms with Crippen LogP contribution in [-0.4, -0.2) is 16.2 Å². The van der Waals surface area contributed by atoms with Gasteiger partial charge >= 0.3 is 5.97 Å². The summed E-state index contributed by atoms with van der Waals surface area (Å²) in [5.74, 6) is 1.05. The molecule has 0 spiro atoms. The van der Waals surface area contributed by atoms with E-state index in [2.05, 4.69) is 38.1 Å². The standard InChI is InChI=1S/C26H22O4S/c1-16(2)18-4-3-5-19(14-18)26-25(22-12-9-20(27)15-23(22)31-26)30-21-10-6-17(7-11-21)8-13-24(28)29/h3-16,27H,1-2H3,(H,28,29)/b13-8+. The van der Waals surface area contributed by atoms with Crippen LogP contribution in [0.25, 0.3) is 26.6 Å².